The smallest absolute Gasteiger partial charge is 0.273 e. The van der Waals surface area contributed by atoms with Crippen molar-refractivity contribution < 1.29 is 9.72 Å². The van der Waals surface area contributed by atoms with Gasteiger partial charge in [-0.05, 0) is 25.1 Å². The Labute approximate surface area is 137 Å². The molecule has 1 amide bonds. The summed E-state index contributed by atoms with van der Waals surface area (Å²) in [5, 5.41) is 13.7. The van der Waals surface area contributed by atoms with Crippen molar-refractivity contribution in [2.75, 3.05) is 6.54 Å². The van der Waals surface area contributed by atoms with Crippen LogP contribution in [0.5, 0.6) is 0 Å². The number of aromatic amines is 1. The molecule has 0 atom stereocenters. The quantitative estimate of drug-likeness (QED) is 0.556. The number of fused-ring (bicyclic) bond motifs is 1. The minimum Gasteiger partial charge on any atom is -0.352 e. The number of carbonyl (C=O) groups excluding carboxylic acids is 1. The SMILES string of the molecule is Cc1ccc(C(=O)NCCc2nc3ccccc3[nH]2)cc1[N+](=O)[O-]. The second kappa shape index (κ2) is 6.49. The van der Waals surface area contributed by atoms with Crippen LogP contribution in [0.2, 0.25) is 0 Å². The van der Waals surface area contributed by atoms with Crippen molar-refractivity contribution >= 4 is 22.6 Å². The number of aryl methyl sites for hydroxylation is 1. The van der Waals surface area contributed by atoms with Gasteiger partial charge in [-0.3, -0.25) is 14.9 Å². The van der Waals surface area contributed by atoms with E-state index in [2.05, 4.69) is 15.3 Å². The van der Waals surface area contributed by atoms with Gasteiger partial charge in [-0.15, -0.1) is 0 Å². The highest BCUT2D eigenvalue weighted by Crippen LogP contribution is 2.19. The molecule has 1 aromatic heterocycles. The van der Waals surface area contributed by atoms with Crippen LogP contribution < -0.4 is 5.32 Å². The van der Waals surface area contributed by atoms with Crippen LogP contribution in [0, 0.1) is 17.0 Å². The number of nitro groups is 1. The van der Waals surface area contributed by atoms with Gasteiger partial charge in [0.25, 0.3) is 11.6 Å². The van der Waals surface area contributed by atoms with E-state index in [1.165, 1.54) is 6.07 Å². The van der Waals surface area contributed by atoms with E-state index in [4.69, 9.17) is 0 Å². The maximum Gasteiger partial charge on any atom is 0.273 e. The largest absolute Gasteiger partial charge is 0.352 e. The number of hydrogen-bond donors (Lipinski definition) is 2. The number of imidazole rings is 1. The Balaban J connectivity index is 1.63. The van der Waals surface area contributed by atoms with Crippen molar-refractivity contribution in [3.05, 3.63) is 69.5 Å². The normalized spacial score (nSPS) is 10.7. The minimum atomic E-state index is -0.486. The molecule has 0 radical (unpaired) electrons. The minimum absolute atomic E-state index is 0.0556. The van der Waals surface area contributed by atoms with Crippen molar-refractivity contribution in [1.29, 1.82) is 0 Å². The summed E-state index contributed by atoms with van der Waals surface area (Å²) in [5.74, 6) is 0.445. The van der Waals surface area contributed by atoms with E-state index in [1.54, 1.807) is 19.1 Å². The zero-order chi connectivity index (χ0) is 17.1. The number of nitrogens with one attached hydrogen (secondary N) is 2. The molecule has 1 heterocycles. The fraction of sp³-hybridized carbons (Fsp3) is 0.176. The molecule has 2 aromatic carbocycles. The molecule has 7 heteroatoms. The third-order valence-corrected chi connectivity index (χ3v) is 3.75. The molecule has 0 spiro atoms. The van der Waals surface area contributed by atoms with Gasteiger partial charge >= 0.3 is 0 Å². The topological polar surface area (TPSA) is 101 Å². The lowest BCUT2D eigenvalue weighted by Crippen LogP contribution is -2.26. The molecule has 3 aromatic rings. The monoisotopic (exact) mass is 324 g/mol. The number of H-pyrrole nitrogens is 1. The van der Waals surface area contributed by atoms with Crippen molar-refractivity contribution in [2.24, 2.45) is 0 Å². The molecule has 0 aliphatic heterocycles. The standard InChI is InChI=1S/C17H16N4O3/c1-11-6-7-12(10-15(11)21(23)24)17(22)18-9-8-16-19-13-4-2-3-5-14(13)20-16/h2-7,10H,8-9H2,1H3,(H,18,22)(H,19,20). The fourth-order valence-corrected chi connectivity index (χ4v) is 2.47. The lowest BCUT2D eigenvalue weighted by Gasteiger charge is -2.05. The number of para-hydroxylation sites is 2. The van der Waals surface area contributed by atoms with E-state index in [9.17, 15) is 14.9 Å². The first-order valence-electron chi connectivity index (χ1n) is 7.51. The van der Waals surface area contributed by atoms with E-state index in [-0.39, 0.29) is 17.2 Å². The molecule has 24 heavy (non-hydrogen) atoms. The third kappa shape index (κ3) is 3.24. The average molecular weight is 324 g/mol. The summed E-state index contributed by atoms with van der Waals surface area (Å²) >= 11 is 0. The molecule has 0 bridgehead atoms. The lowest BCUT2D eigenvalue weighted by atomic mass is 10.1. The van der Waals surface area contributed by atoms with Crippen LogP contribution in [-0.2, 0) is 6.42 Å². The van der Waals surface area contributed by atoms with Gasteiger partial charge in [-0.2, -0.15) is 0 Å². The molecule has 0 fully saturated rings. The van der Waals surface area contributed by atoms with Gasteiger partial charge < -0.3 is 10.3 Å². The van der Waals surface area contributed by atoms with Gasteiger partial charge in [0.05, 0.1) is 16.0 Å². The summed E-state index contributed by atoms with van der Waals surface area (Å²) in [4.78, 5) is 30.2. The number of hydrogen-bond acceptors (Lipinski definition) is 4. The Morgan fingerprint density at radius 1 is 1.29 bits per heavy atom. The predicted octanol–water partition coefficient (Wildman–Crippen LogP) is 2.75. The summed E-state index contributed by atoms with van der Waals surface area (Å²) < 4.78 is 0. The van der Waals surface area contributed by atoms with E-state index >= 15 is 0 Å². The van der Waals surface area contributed by atoms with Crippen LogP contribution in [0.3, 0.4) is 0 Å². The van der Waals surface area contributed by atoms with Crippen LogP contribution in [0.1, 0.15) is 21.7 Å². The van der Waals surface area contributed by atoms with Crippen LogP contribution in [0.25, 0.3) is 11.0 Å². The first kappa shape index (κ1) is 15.7. The first-order chi connectivity index (χ1) is 11.5. The second-order valence-electron chi connectivity index (χ2n) is 5.46. The highest BCUT2D eigenvalue weighted by Gasteiger charge is 2.14. The number of amides is 1. The molecule has 0 aliphatic carbocycles. The van der Waals surface area contributed by atoms with E-state index in [1.807, 2.05) is 24.3 Å². The van der Waals surface area contributed by atoms with Crippen LogP contribution in [0.4, 0.5) is 5.69 Å². The van der Waals surface area contributed by atoms with Gasteiger partial charge in [-0.25, -0.2) is 4.98 Å². The molecule has 0 aliphatic rings. The van der Waals surface area contributed by atoms with Gasteiger partial charge in [0, 0.05) is 30.2 Å². The molecule has 2 N–H and O–H groups in total. The Bertz CT molecular complexity index is 884. The van der Waals surface area contributed by atoms with Crippen molar-refractivity contribution in [3.8, 4) is 0 Å². The predicted molar refractivity (Wildman–Crippen MR) is 90.0 cm³/mol. The number of benzene rings is 2. The van der Waals surface area contributed by atoms with Gasteiger partial charge in [0.1, 0.15) is 5.82 Å². The molecule has 0 saturated heterocycles. The van der Waals surface area contributed by atoms with Gasteiger partial charge in [-0.1, -0.05) is 18.2 Å². The number of nitrogens with zero attached hydrogens (tertiary/aromatic N) is 2. The van der Waals surface area contributed by atoms with Crippen LogP contribution in [0.15, 0.2) is 42.5 Å². The Hall–Kier alpha value is -3.22. The zero-order valence-corrected chi connectivity index (χ0v) is 13.1. The van der Waals surface area contributed by atoms with Crippen LogP contribution >= 0.6 is 0 Å². The summed E-state index contributed by atoms with van der Waals surface area (Å²) in [6.07, 6.45) is 0.550. The molecular formula is C17H16N4O3. The zero-order valence-electron chi connectivity index (χ0n) is 13.1. The average Bonchev–Trinajstić information content (AvgIpc) is 2.97. The molecule has 0 saturated carbocycles. The molecule has 3 rings (SSSR count). The van der Waals surface area contributed by atoms with Crippen molar-refractivity contribution in [3.63, 3.8) is 0 Å². The van der Waals surface area contributed by atoms with Crippen LogP contribution in [-0.4, -0.2) is 27.3 Å². The molecule has 7 nitrogen and oxygen atoms in total. The van der Waals surface area contributed by atoms with E-state index in [0.717, 1.165) is 16.9 Å². The summed E-state index contributed by atoms with van der Waals surface area (Å²) in [7, 11) is 0. The third-order valence-electron chi connectivity index (χ3n) is 3.75. The Morgan fingerprint density at radius 3 is 2.83 bits per heavy atom. The van der Waals surface area contributed by atoms with E-state index < -0.39 is 4.92 Å². The van der Waals surface area contributed by atoms with Gasteiger partial charge in [0.2, 0.25) is 0 Å². The van der Waals surface area contributed by atoms with Gasteiger partial charge in [0.15, 0.2) is 0 Å². The van der Waals surface area contributed by atoms with Crippen molar-refractivity contribution in [2.45, 2.75) is 13.3 Å². The highest BCUT2D eigenvalue weighted by atomic mass is 16.6. The summed E-state index contributed by atoms with van der Waals surface area (Å²) in [6.45, 7) is 2.03. The maximum atomic E-state index is 12.1. The number of rotatable bonds is 5. The maximum absolute atomic E-state index is 12.1. The van der Waals surface area contributed by atoms with E-state index in [0.29, 0.717) is 18.5 Å². The second-order valence-corrected chi connectivity index (χ2v) is 5.46. The lowest BCUT2D eigenvalue weighted by molar-refractivity contribution is -0.385. The number of carbonyl (C=O) groups is 1. The van der Waals surface area contributed by atoms with Crippen molar-refractivity contribution in [1.82, 2.24) is 15.3 Å². The molecule has 0 unspecified atom stereocenters. The number of aromatic nitrogens is 2. The molecular weight excluding hydrogens is 308 g/mol. The number of nitro benzene ring substituents is 1. The Morgan fingerprint density at radius 2 is 2.08 bits per heavy atom. The fourth-order valence-electron chi connectivity index (χ4n) is 2.47. The summed E-state index contributed by atoms with van der Waals surface area (Å²) in [5.41, 5.74) is 2.58. The highest BCUT2D eigenvalue weighted by molar-refractivity contribution is 5.95. The summed E-state index contributed by atoms with van der Waals surface area (Å²) in [6, 6.07) is 12.2. The molecule has 122 valence electrons. The first-order valence-corrected chi connectivity index (χ1v) is 7.51. The Kier molecular flexibility index (Phi) is 4.24.